The molecule has 0 bridgehead atoms. The predicted molar refractivity (Wildman–Crippen MR) is 110 cm³/mol. The molecular formula is C25H23NO. The number of hydroxylamine groups is 1. The second-order valence-electron chi connectivity index (χ2n) is 7.49. The first-order valence-corrected chi connectivity index (χ1v) is 9.72. The Bertz CT molecular complexity index is 951. The maximum atomic E-state index is 5.09. The maximum absolute atomic E-state index is 5.09. The van der Waals surface area contributed by atoms with E-state index in [1.807, 2.05) is 30.3 Å². The summed E-state index contributed by atoms with van der Waals surface area (Å²) >= 11 is 0. The summed E-state index contributed by atoms with van der Waals surface area (Å²) in [6.07, 6.45) is 8.86. The third kappa shape index (κ3) is 2.73. The Hall–Kier alpha value is -3.00. The fourth-order valence-electron chi connectivity index (χ4n) is 4.85. The van der Waals surface area contributed by atoms with Gasteiger partial charge in [0.2, 0.25) is 0 Å². The van der Waals surface area contributed by atoms with Crippen molar-refractivity contribution in [3.8, 4) is 5.75 Å². The second-order valence-corrected chi connectivity index (χ2v) is 7.49. The highest BCUT2D eigenvalue weighted by molar-refractivity contribution is 5.58. The summed E-state index contributed by atoms with van der Waals surface area (Å²) in [6.45, 7) is 0. The normalized spacial score (nSPS) is 17.0. The number of para-hydroxylation sites is 1. The number of benzene rings is 3. The summed E-state index contributed by atoms with van der Waals surface area (Å²) in [7, 11) is 0. The Balaban J connectivity index is 0.000000137. The number of hydrogen-bond acceptors (Lipinski definition) is 2. The fraction of sp³-hybridized carbons (Fsp3) is 0.200. The van der Waals surface area contributed by atoms with Crippen LogP contribution >= 0.6 is 0 Å². The van der Waals surface area contributed by atoms with Gasteiger partial charge >= 0.3 is 0 Å². The van der Waals surface area contributed by atoms with Crippen molar-refractivity contribution in [2.45, 2.75) is 31.1 Å². The van der Waals surface area contributed by atoms with Crippen molar-refractivity contribution in [2.24, 2.45) is 0 Å². The Labute approximate surface area is 160 Å². The highest BCUT2D eigenvalue weighted by Crippen LogP contribution is 2.51. The highest BCUT2D eigenvalue weighted by atomic mass is 16.6. The lowest BCUT2D eigenvalue weighted by atomic mass is 9.77. The molecule has 2 nitrogen and oxygen atoms in total. The molecule has 0 fully saturated rings. The molecule has 2 heteroatoms. The van der Waals surface area contributed by atoms with Gasteiger partial charge in [-0.15, -0.1) is 0 Å². The van der Waals surface area contributed by atoms with Crippen molar-refractivity contribution >= 4 is 6.08 Å². The van der Waals surface area contributed by atoms with Crippen molar-refractivity contribution in [3.63, 3.8) is 0 Å². The lowest BCUT2D eigenvalue weighted by Gasteiger charge is -2.26. The maximum Gasteiger partial charge on any atom is 0.162 e. The largest absolute Gasteiger partial charge is 0.382 e. The van der Waals surface area contributed by atoms with Gasteiger partial charge in [-0.2, -0.15) is 0 Å². The van der Waals surface area contributed by atoms with E-state index in [9.17, 15) is 0 Å². The summed E-state index contributed by atoms with van der Waals surface area (Å²) in [5.74, 6) is 0.880. The van der Waals surface area contributed by atoms with Crippen LogP contribution in [0, 0.1) is 0 Å². The summed E-state index contributed by atoms with van der Waals surface area (Å²) in [6, 6.07) is 25.9. The van der Waals surface area contributed by atoms with Crippen LogP contribution in [0.5, 0.6) is 5.75 Å². The van der Waals surface area contributed by atoms with E-state index in [2.05, 4.69) is 54.0 Å². The monoisotopic (exact) mass is 353 g/mol. The standard InChI is InChI=1S/C17H16.C8H7NO/c1-3-7-15-13(5-1)9-11-17(15)12-10-14-6-2-4-8-16(14)17;1-2-4-8-7(3-1)5-6-9-10-8/h1-8H,9-12H2;1-6,9H. The number of hydrogen-bond donors (Lipinski definition) is 1. The molecule has 3 aliphatic rings. The minimum Gasteiger partial charge on any atom is -0.382 e. The zero-order chi connectivity index (χ0) is 18.1. The van der Waals surface area contributed by atoms with E-state index in [-0.39, 0.29) is 0 Å². The van der Waals surface area contributed by atoms with Crippen molar-refractivity contribution in [3.05, 3.63) is 107 Å². The van der Waals surface area contributed by atoms with Gasteiger partial charge in [-0.1, -0.05) is 66.7 Å². The molecule has 0 unspecified atom stereocenters. The van der Waals surface area contributed by atoms with E-state index in [1.54, 1.807) is 28.5 Å². The molecule has 134 valence electrons. The van der Waals surface area contributed by atoms with Crippen molar-refractivity contribution < 1.29 is 4.84 Å². The van der Waals surface area contributed by atoms with Crippen LogP contribution in [-0.4, -0.2) is 0 Å². The average molecular weight is 353 g/mol. The third-order valence-corrected chi connectivity index (χ3v) is 6.13. The minimum atomic E-state index is 0.354. The highest BCUT2D eigenvalue weighted by Gasteiger charge is 2.43. The molecule has 2 aliphatic carbocycles. The molecule has 0 aromatic heterocycles. The van der Waals surface area contributed by atoms with Crippen LogP contribution in [0.1, 0.15) is 40.7 Å². The van der Waals surface area contributed by atoms with Gasteiger partial charge in [0, 0.05) is 17.2 Å². The zero-order valence-corrected chi connectivity index (χ0v) is 15.3. The number of fused-ring (bicyclic) bond motifs is 5. The second kappa shape index (κ2) is 6.62. The molecule has 3 aromatic rings. The van der Waals surface area contributed by atoms with Crippen LogP contribution in [0.25, 0.3) is 6.08 Å². The Kier molecular flexibility index (Phi) is 3.97. The average Bonchev–Trinajstić information content (AvgIpc) is 3.32. The van der Waals surface area contributed by atoms with Gasteiger partial charge < -0.3 is 4.84 Å². The van der Waals surface area contributed by atoms with Crippen LogP contribution in [0.15, 0.2) is 79.0 Å². The van der Waals surface area contributed by atoms with Gasteiger partial charge in [-0.05, 0) is 60.1 Å². The molecule has 0 saturated carbocycles. The van der Waals surface area contributed by atoms with Crippen LogP contribution in [-0.2, 0) is 18.3 Å². The first kappa shape index (κ1) is 16.2. The van der Waals surface area contributed by atoms with Gasteiger partial charge in [0.25, 0.3) is 0 Å². The van der Waals surface area contributed by atoms with Gasteiger partial charge in [0.1, 0.15) is 0 Å². The summed E-state index contributed by atoms with van der Waals surface area (Å²) < 4.78 is 0. The molecule has 1 heterocycles. The molecule has 6 rings (SSSR count). The summed E-state index contributed by atoms with van der Waals surface area (Å²) in [4.78, 5) is 5.09. The molecule has 27 heavy (non-hydrogen) atoms. The Morgan fingerprint density at radius 3 is 1.96 bits per heavy atom. The lowest BCUT2D eigenvalue weighted by molar-refractivity contribution is 0.239. The van der Waals surface area contributed by atoms with Crippen LogP contribution < -0.4 is 10.3 Å². The van der Waals surface area contributed by atoms with Gasteiger partial charge in [0.05, 0.1) is 0 Å². The zero-order valence-electron chi connectivity index (χ0n) is 15.3. The van der Waals surface area contributed by atoms with Crippen LogP contribution in [0.2, 0.25) is 0 Å². The third-order valence-electron chi connectivity index (χ3n) is 6.13. The van der Waals surface area contributed by atoms with Gasteiger partial charge in [-0.3, -0.25) is 0 Å². The molecule has 0 atom stereocenters. The smallest absolute Gasteiger partial charge is 0.162 e. The van der Waals surface area contributed by atoms with Gasteiger partial charge in [0.15, 0.2) is 5.75 Å². The summed E-state index contributed by atoms with van der Waals surface area (Å²) in [5, 5.41) is 0. The quantitative estimate of drug-likeness (QED) is 0.583. The molecule has 1 N–H and O–H groups in total. The minimum absolute atomic E-state index is 0.354. The Morgan fingerprint density at radius 2 is 1.30 bits per heavy atom. The van der Waals surface area contributed by atoms with E-state index in [4.69, 9.17) is 4.84 Å². The molecule has 0 amide bonds. The van der Waals surface area contributed by atoms with Crippen LogP contribution in [0.3, 0.4) is 0 Å². The van der Waals surface area contributed by atoms with E-state index < -0.39 is 0 Å². The van der Waals surface area contributed by atoms with Crippen molar-refractivity contribution in [1.82, 2.24) is 5.48 Å². The SMILES string of the molecule is C1=Cc2ccccc2ON1.c1ccc2c(c1)CCC21CCc2ccccc21. The predicted octanol–water partition coefficient (Wildman–Crippen LogP) is 5.42. The van der Waals surface area contributed by atoms with Crippen molar-refractivity contribution in [2.75, 3.05) is 0 Å². The number of aryl methyl sites for hydroxylation is 2. The summed E-state index contributed by atoms with van der Waals surface area (Å²) in [5.41, 5.74) is 10.5. The molecule has 3 aromatic carbocycles. The molecule has 0 saturated heterocycles. The first-order valence-electron chi connectivity index (χ1n) is 9.72. The van der Waals surface area contributed by atoms with E-state index in [1.165, 1.54) is 25.7 Å². The molecule has 1 aliphatic heterocycles. The topological polar surface area (TPSA) is 21.3 Å². The number of rotatable bonds is 0. The van der Waals surface area contributed by atoms with E-state index >= 15 is 0 Å². The van der Waals surface area contributed by atoms with Gasteiger partial charge in [-0.25, -0.2) is 5.48 Å². The lowest BCUT2D eigenvalue weighted by Crippen LogP contribution is -2.20. The van der Waals surface area contributed by atoms with Crippen LogP contribution in [0.4, 0.5) is 0 Å². The van der Waals surface area contributed by atoms with E-state index in [0.29, 0.717) is 5.41 Å². The molecule has 1 spiro atoms. The molecular weight excluding hydrogens is 330 g/mol. The fourth-order valence-corrected chi connectivity index (χ4v) is 4.85. The number of nitrogens with one attached hydrogen (secondary N) is 1. The molecule has 0 radical (unpaired) electrons. The van der Waals surface area contributed by atoms with E-state index in [0.717, 1.165) is 11.3 Å². The Morgan fingerprint density at radius 1 is 0.704 bits per heavy atom. The van der Waals surface area contributed by atoms with Crippen molar-refractivity contribution in [1.29, 1.82) is 0 Å². The first-order chi connectivity index (χ1) is 13.4.